The molecule has 4 atom stereocenters. The van der Waals surface area contributed by atoms with Gasteiger partial charge in [0.1, 0.15) is 11.9 Å². The summed E-state index contributed by atoms with van der Waals surface area (Å²) in [7, 11) is 0.0420. The molecule has 3 N–H and O–H groups in total. The predicted octanol–water partition coefficient (Wildman–Crippen LogP) is 6.62. The summed E-state index contributed by atoms with van der Waals surface area (Å²) in [6, 6.07) is 13.6. The Kier molecular flexibility index (Phi) is 10.5. The van der Waals surface area contributed by atoms with Gasteiger partial charge in [-0.2, -0.15) is 0 Å². The number of hydrogen-bond acceptors (Lipinski definition) is 5. The summed E-state index contributed by atoms with van der Waals surface area (Å²) in [5.74, 6) is -0.592. The van der Waals surface area contributed by atoms with E-state index in [2.05, 4.69) is 20.3 Å². The van der Waals surface area contributed by atoms with E-state index in [0.717, 1.165) is 24.8 Å². The first-order chi connectivity index (χ1) is 21.9. The number of rotatable bonds is 11. The number of carbonyl (C=O) groups excluding carboxylic acids is 2. The van der Waals surface area contributed by atoms with Crippen molar-refractivity contribution in [3.63, 3.8) is 0 Å². The monoisotopic (exact) mass is 669 g/mol. The fourth-order valence-corrected chi connectivity index (χ4v) is 6.76. The van der Waals surface area contributed by atoms with E-state index in [4.69, 9.17) is 16.3 Å². The number of pyridine rings is 1. The van der Waals surface area contributed by atoms with Crippen LogP contribution in [0.15, 0.2) is 67.0 Å². The third-order valence-electron chi connectivity index (χ3n) is 8.59. The molecule has 2 heterocycles. The smallest absolute Gasteiger partial charge is 0.322 e. The summed E-state index contributed by atoms with van der Waals surface area (Å²) in [6.45, 7) is 5.88. The van der Waals surface area contributed by atoms with Gasteiger partial charge in [-0.1, -0.05) is 30.5 Å². The van der Waals surface area contributed by atoms with Crippen molar-refractivity contribution in [3.05, 3.63) is 89.0 Å². The summed E-state index contributed by atoms with van der Waals surface area (Å²) >= 11 is 5.98. The van der Waals surface area contributed by atoms with Crippen LogP contribution >= 0.6 is 11.6 Å². The minimum absolute atomic E-state index is 0.0328. The molecule has 3 aromatic rings. The number of anilines is 2. The van der Waals surface area contributed by atoms with Gasteiger partial charge in [0.05, 0.1) is 33.1 Å². The van der Waals surface area contributed by atoms with Crippen molar-refractivity contribution in [2.45, 2.75) is 75.3 Å². The number of nitrogens with zero attached hydrogens (tertiary/aromatic N) is 2. The maximum atomic E-state index is 15.5. The van der Waals surface area contributed by atoms with Gasteiger partial charge >= 0.3 is 6.03 Å². The summed E-state index contributed by atoms with van der Waals surface area (Å²) < 4.78 is 37.5. The number of amides is 3. The molecule has 1 unspecified atom stereocenters. The molecule has 1 aliphatic carbocycles. The first-order valence-corrected chi connectivity index (χ1v) is 17.0. The molecule has 2 aromatic carbocycles. The Labute approximate surface area is 277 Å². The van der Waals surface area contributed by atoms with Crippen LogP contribution in [0.2, 0.25) is 5.02 Å². The summed E-state index contributed by atoms with van der Waals surface area (Å²) in [4.78, 5) is 32.6. The molecular weight excluding hydrogens is 629 g/mol. The molecule has 46 heavy (non-hydrogen) atoms. The molecule has 3 amide bonds. The maximum Gasteiger partial charge on any atom is 0.322 e. The van der Waals surface area contributed by atoms with E-state index in [9.17, 15) is 13.8 Å². The lowest BCUT2D eigenvalue weighted by molar-refractivity contribution is -0.119. The van der Waals surface area contributed by atoms with Crippen molar-refractivity contribution in [3.8, 4) is 0 Å². The summed E-state index contributed by atoms with van der Waals surface area (Å²) in [6.07, 6.45) is 7.02. The van der Waals surface area contributed by atoms with E-state index in [0.29, 0.717) is 28.6 Å². The molecule has 1 saturated heterocycles. The Balaban J connectivity index is 1.46. The van der Waals surface area contributed by atoms with E-state index in [-0.39, 0.29) is 24.8 Å². The van der Waals surface area contributed by atoms with Crippen LogP contribution in [0, 0.1) is 11.7 Å². The average Bonchev–Trinajstić information content (AvgIpc) is 3.76. The molecule has 2 fully saturated rings. The molecule has 0 spiro atoms. The first kappa shape index (κ1) is 34.0. The first-order valence-electron chi connectivity index (χ1n) is 15.5. The molecule has 9 nitrogen and oxygen atoms in total. The van der Waals surface area contributed by atoms with Crippen LogP contribution in [0.1, 0.15) is 64.0 Å². The zero-order valence-corrected chi connectivity index (χ0v) is 28.1. The normalized spacial score (nSPS) is 20.2. The fourth-order valence-electron chi connectivity index (χ4n) is 5.67. The molecule has 0 bridgehead atoms. The van der Waals surface area contributed by atoms with Gasteiger partial charge in [-0.05, 0) is 99.2 Å². The Hall–Kier alpha value is -3.38. The maximum absolute atomic E-state index is 15.5. The molecule has 5 rings (SSSR count). The SMILES string of the molecule is CO[C@@H]1C[C@H](C(=O)Nc2cc(C(CCC3CC3)(N[S@](=O)C(C)(C)C)c3ccncc3)ccc2F)N(C(=O)Nc2ccc(Cl)cc2)C1. The molecule has 0 radical (unpaired) electrons. The van der Waals surface area contributed by atoms with Crippen molar-refractivity contribution >= 4 is 45.9 Å². The molecule has 12 heteroatoms. The van der Waals surface area contributed by atoms with Gasteiger partial charge < -0.3 is 20.3 Å². The van der Waals surface area contributed by atoms with Crippen LogP contribution in [0.4, 0.5) is 20.6 Å². The highest BCUT2D eigenvalue weighted by atomic mass is 35.5. The molecule has 2 aliphatic rings. The number of halogens is 2. The van der Waals surface area contributed by atoms with Gasteiger partial charge in [0.25, 0.3) is 0 Å². The Morgan fingerprint density at radius 2 is 1.74 bits per heavy atom. The van der Waals surface area contributed by atoms with E-state index < -0.39 is 45.1 Å². The number of urea groups is 1. The minimum atomic E-state index is -1.48. The van der Waals surface area contributed by atoms with Crippen molar-refractivity contribution in [1.29, 1.82) is 0 Å². The third-order valence-corrected chi connectivity index (χ3v) is 10.5. The summed E-state index contributed by atoms with van der Waals surface area (Å²) in [5, 5.41) is 6.08. The van der Waals surface area contributed by atoms with Gasteiger partial charge in [-0.3, -0.25) is 9.78 Å². The van der Waals surface area contributed by atoms with Crippen molar-refractivity contribution in [1.82, 2.24) is 14.6 Å². The topological polar surface area (TPSA) is 113 Å². The highest BCUT2D eigenvalue weighted by Gasteiger charge is 2.42. The van der Waals surface area contributed by atoms with Gasteiger partial charge in [0.2, 0.25) is 5.91 Å². The lowest BCUT2D eigenvalue weighted by Gasteiger charge is -2.38. The second-order valence-electron chi connectivity index (χ2n) is 13.0. The predicted molar refractivity (Wildman–Crippen MR) is 179 cm³/mol. The number of ether oxygens (including phenoxy) is 1. The fraction of sp³-hybridized carbons (Fsp3) is 0.441. The number of methoxy groups -OCH3 is 1. The number of aromatic nitrogens is 1. The minimum Gasteiger partial charge on any atom is -0.380 e. The van der Waals surface area contributed by atoms with E-state index in [1.807, 2.05) is 32.9 Å². The van der Waals surface area contributed by atoms with E-state index in [1.165, 1.54) is 18.1 Å². The molecule has 246 valence electrons. The molecular formula is C34H41ClFN5O4S. The van der Waals surface area contributed by atoms with Crippen molar-refractivity contribution in [2.75, 3.05) is 24.3 Å². The average molecular weight is 670 g/mol. The van der Waals surface area contributed by atoms with Gasteiger partial charge in [-0.15, -0.1) is 0 Å². The highest BCUT2D eigenvalue weighted by molar-refractivity contribution is 7.84. The van der Waals surface area contributed by atoms with E-state index in [1.54, 1.807) is 48.8 Å². The number of nitrogens with one attached hydrogen (secondary N) is 3. The zero-order valence-electron chi connectivity index (χ0n) is 26.5. The Morgan fingerprint density at radius 1 is 1.04 bits per heavy atom. The number of benzene rings is 2. The highest BCUT2D eigenvalue weighted by Crippen LogP contribution is 2.42. The van der Waals surface area contributed by atoms with Crippen LogP contribution in [0.5, 0.6) is 0 Å². The van der Waals surface area contributed by atoms with Gasteiger partial charge in [0, 0.05) is 43.2 Å². The zero-order chi connectivity index (χ0) is 33.1. The quantitative estimate of drug-likeness (QED) is 0.213. The molecule has 1 saturated carbocycles. The lowest BCUT2D eigenvalue weighted by Crippen LogP contribution is -2.49. The molecule has 1 aromatic heterocycles. The Morgan fingerprint density at radius 3 is 2.37 bits per heavy atom. The standard InChI is InChI=1S/C34H41ClFN5O4S/c1-33(2,3)46(44)40-34(16-13-22-5-6-22,23-14-17-37-18-15-23)24-7-12-28(36)29(19-24)39-31(42)30-20-27(45-4)21-41(30)32(43)38-26-10-8-25(35)9-11-26/h7-12,14-15,17-19,22,27,30,40H,5-6,13,16,20-21H2,1-4H3,(H,38,43)(H,39,42)/t27-,30-,34?,46-/m1/s1. The summed E-state index contributed by atoms with van der Waals surface area (Å²) in [5.41, 5.74) is 1.04. The third kappa shape index (κ3) is 7.94. The van der Waals surface area contributed by atoms with Crippen LogP contribution < -0.4 is 15.4 Å². The van der Waals surface area contributed by atoms with Crippen LogP contribution in [0.25, 0.3) is 0 Å². The van der Waals surface area contributed by atoms with Gasteiger partial charge in [-0.25, -0.2) is 18.1 Å². The second-order valence-corrected chi connectivity index (χ2v) is 15.4. The number of carbonyl (C=O) groups is 2. The second kappa shape index (κ2) is 14.2. The van der Waals surface area contributed by atoms with Crippen LogP contribution in [-0.2, 0) is 26.1 Å². The number of hydrogen-bond donors (Lipinski definition) is 3. The van der Waals surface area contributed by atoms with Crippen molar-refractivity contribution < 1.29 is 22.9 Å². The largest absolute Gasteiger partial charge is 0.380 e. The van der Waals surface area contributed by atoms with Crippen LogP contribution in [-0.4, -0.2) is 56.6 Å². The Bertz CT molecular complexity index is 1570. The number of likely N-dealkylation sites (tertiary alicyclic amines) is 1. The lowest BCUT2D eigenvalue weighted by atomic mass is 9.79. The van der Waals surface area contributed by atoms with E-state index >= 15 is 4.39 Å². The van der Waals surface area contributed by atoms with Crippen molar-refractivity contribution in [2.24, 2.45) is 5.92 Å². The van der Waals surface area contributed by atoms with Crippen LogP contribution in [0.3, 0.4) is 0 Å². The van der Waals surface area contributed by atoms with Gasteiger partial charge in [0.15, 0.2) is 0 Å². The molecule has 1 aliphatic heterocycles.